The maximum absolute atomic E-state index is 13.4. The molecular formula is C23H25N7O2. The van der Waals surface area contributed by atoms with Crippen LogP contribution in [0.2, 0.25) is 0 Å². The topological polar surface area (TPSA) is 104 Å². The van der Waals surface area contributed by atoms with Gasteiger partial charge in [0.1, 0.15) is 29.1 Å². The van der Waals surface area contributed by atoms with Crippen LogP contribution < -0.4 is 20.9 Å². The van der Waals surface area contributed by atoms with Crippen molar-refractivity contribution in [2.45, 2.75) is 38.9 Å². The molecule has 0 spiro atoms. The summed E-state index contributed by atoms with van der Waals surface area (Å²) < 4.78 is 9.08. The van der Waals surface area contributed by atoms with E-state index in [0.29, 0.717) is 30.7 Å². The number of ether oxygens (including phenoxy) is 1. The van der Waals surface area contributed by atoms with E-state index in [9.17, 15) is 4.79 Å². The van der Waals surface area contributed by atoms with Gasteiger partial charge in [-0.3, -0.25) is 9.36 Å². The van der Waals surface area contributed by atoms with Gasteiger partial charge in [0.05, 0.1) is 25.0 Å². The Morgan fingerprint density at radius 2 is 2.19 bits per heavy atom. The lowest BCUT2D eigenvalue weighted by Crippen LogP contribution is -2.44. The van der Waals surface area contributed by atoms with Crippen molar-refractivity contribution in [3.8, 4) is 17.6 Å². The summed E-state index contributed by atoms with van der Waals surface area (Å²) in [6.45, 7) is 4.29. The van der Waals surface area contributed by atoms with Crippen LogP contribution in [0.4, 0.5) is 11.6 Å². The second-order valence-corrected chi connectivity index (χ2v) is 8.05. The van der Waals surface area contributed by atoms with Gasteiger partial charge in [0.25, 0.3) is 5.56 Å². The third-order valence-corrected chi connectivity index (χ3v) is 5.76. The summed E-state index contributed by atoms with van der Waals surface area (Å²) in [5, 5.41) is 4.36. The number of hydrogen-bond acceptors (Lipinski definition) is 7. The molecule has 1 saturated heterocycles. The van der Waals surface area contributed by atoms with Crippen LogP contribution in [0.25, 0.3) is 11.0 Å². The van der Waals surface area contributed by atoms with Crippen molar-refractivity contribution < 1.29 is 4.74 Å². The summed E-state index contributed by atoms with van der Waals surface area (Å²) in [5.41, 5.74) is 8.52. The molecule has 0 aliphatic carbocycles. The van der Waals surface area contributed by atoms with Crippen molar-refractivity contribution in [3.63, 3.8) is 0 Å². The van der Waals surface area contributed by atoms with E-state index in [0.717, 1.165) is 42.5 Å². The molecule has 2 aliphatic rings. The maximum Gasteiger partial charge on any atom is 0.293 e. The van der Waals surface area contributed by atoms with Gasteiger partial charge in [-0.15, -0.1) is 5.92 Å². The maximum atomic E-state index is 13.4. The van der Waals surface area contributed by atoms with Crippen LogP contribution in [0.15, 0.2) is 40.2 Å². The highest BCUT2D eigenvalue weighted by molar-refractivity contribution is 5.90. The normalized spacial score (nSPS) is 17.9. The number of nitrogens with two attached hydrogens (primary N) is 1. The summed E-state index contributed by atoms with van der Waals surface area (Å²) in [4.78, 5) is 25.0. The third kappa shape index (κ3) is 3.74. The highest BCUT2D eigenvalue weighted by Gasteiger charge is 2.24. The number of imidazole rings is 1. The van der Waals surface area contributed by atoms with Gasteiger partial charge in [0.15, 0.2) is 0 Å². The number of aromatic nitrogens is 4. The molecule has 1 aromatic carbocycles. The van der Waals surface area contributed by atoms with Crippen molar-refractivity contribution in [2.24, 2.45) is 10.7 Å². The fourth-order valence-corrected chi connectivity index (χ4v) is 4.22. The molecular weight excluding hydrogens is 406 g/mol. The minimum atomic E-state index is -0.220. The van der Waals surface area contributed by atoms with E-state index in [1.165, 1.54) is 4.68 Å². The number of fused-ring (bicyclic) bond motifs is 2. The Bertz CT molecular complexity index is 1310. The van der Waals surface area contributed by atoms with Crippen molar-refractivity contribution in [3.05, 3.63) is 40.8 Å². The Labute approximate surface area is 185 Å². The first-order chi connectivity index (χ1) is 15.6. The zero-order chi connectivity index (χ0) is 22.1. The summed E-state index contributed by atoms with van der Waals surface area (Å²) in [6.07, 6.45) is 3.62. The predicted molar refractivity (Wildman–Crippen MR) is 124 cm³/mol. The quantitative estimate of drug-likeness (QED) is 0.631. The van der Waals surface area contributed by atoms with Crippen molar-refractivity contribution >= 4 is 28.4 Å². The van der Waals surface area contributed by atoms with E-state index in [1.807, 2.05) is 28.8 Å². The molecule has 0 saturated carbocycles. The number of hydrogen-bond donors (Lipinski definition) is 1. The third-order valence-electron chi connectivity index (χ3n) is 5.76. The van der Waals surface area contributed by atoms with Crippen LogP contribution >= 0.6 is 0 Å². The van der Waals surface area contributed by atoms with Gasteiger partial charge < -0.3 is 15.4 Å². The van der Waals surface area contributed by atoms with Gasteiger partial charge in [-0.05, 0) is 31.9 Å². The van der Waals surface area contributed by atoms with E-state index >= 15 is 0 Å². The van der Waals surface area contributed by atoms with Crippen molar-refractivity contribution in [1.82, 2.24) is 19.3 Å². The molecule has 9 heteroatoms. The van der Waals surface area contributed by atoms with Crippen LogP contribution in [0.3, 0.4) is 0 Å². The molecule has 4 heterocycles. The molecule has 1 atom stereocenters. The van der Waals surface area contributed by atoms with Gasteiger partial charge in [-0.1, -0.05) is 18.1 Å². The molecule has 164 valence electrons. The lowest BCUT2D eigenvalue weighted by Gasteiger charge is -2.31. The molecule has 9 nitrogen and oxygen atoms in total. The molecule has 0 amide bonds. The van der Waals surface area contributed by atoms with Crippen LogP contribution in [0.1, 0.15) is 19.8 Å². The molecule has 32 heavy (non-hydrogen) atoms. The Kier molecular flexibility index (Phi) is 5.37. The first-order valence-corrected chi connectivity index (χ1v) is 10.8. The average Bonchev–Trinajstić information content (AvgIpc) is 3.19. The van der Waals surface area contributed by atoms with E-state index in [2.05, 4.69) is 26.8 Å². The first-order valence-electron chi connectivity index (χ1n) is 10.8. The summed E-state index contributed by atoms with van der Waals surface area (Å²) in [5.74, 6) is 7.46. The summed E-state index contributed by atoms with van der Waals surface area (Å²) >= 11 is 0. The number of piperidine rings is 1. The Balaban J connectivity index is 1.54. The Morgan fingerprint density at radius 1 is 1.31 bits per heavy atom. The number of nitrogens with zero attached hydrogens (tertiary/aromatic N) is 6. The molecule has 2 aromatic heterocycles. The number of anilines is 1. The molecule has 1 fully saturated rings. The second kappa shape index (κ2) is 8.48. The zero-order valence-corrected chi connectivity index (χ0v) is 18.0. The van der Waals surface area contributed by atoms with E-state index < -0.39 is 0 Å². The Morgan fingerprint density at radius 3 is 3.03 bits per heavy atom. The molecule has 0 bridgehead atoms. The monoisotopic (exact) mass is 431 g/mol. The highest BCUT2D eigenvalue weighted by Crippen LogP contribution is 2.30. The lowest BCUT2D eigenvalue weighted by molar-refractivity contribution is 0.367. The molecule has 3 aromatic rings. The SMILES string of the molecule is CC#CCn1c(N2CCCC(N)C2)nc2cnn(CC3=Nc4ccccc4OC3)c(=O)c21. The molecule has 1 unspecified atom stereocenters. The highest BCUT2D eigenvalue weighted by atomic mass is 16.5. The predicted octanol–water partition coefficient (Wildman–Crippen LogP) is 1.71. The molecule has 0 radical (unpaired) electrons. The van der Waals surface area contributed by atoms with Gasteiger partial charge in [-0.25, -0.2) is 14.7 Å². The first kappa shape index (κ1) is 20.3. The molecule has 5 rings (SSSR count). The van der Waals surface area contributed by atoms with Gasteiger partial charge in [0.2, 0.25) is 5.95 Å². The molecule has 2 aliphatic heterocycles. The minimum absolute atomic E-state index is 0.0937. The Hall–Kier alpha value is -3.64. The van der Waals surface area contributed by atoms with Gasteiger partial charge in [0, 0.05) is 19.1 Å². The zero-order valence-electron chi connectivity index (χ0n) is 18.0. The van der Waals surface area contributed by atoms with Crippen LogP contribution in [0.5, 0.6) is 5.75 Å². The average molecular weight is 432 g/mol. The van der Waals surface area contributed by atoms with Crippen molar-refractivity contribution in [2.75, 3.05) is 24.6 Å². The minimum Gasteiger partial charge on any atom is -0.485 e. The van der Waals surface area contributed by atoms with E-state index in [4.69, 9.17) is 15.5 Å². The van der Waals surface area contributed by atoms with E-state index in [-0.39, 0.29) is 18.1 Å². The smallest absolute Gasteiger partial charge is 0.293 e. The lowest BCUT2D eigenvalue weighted by atomic mass is 10.1. The summed E-state index contributed by atoms with van der Waals surface area (Å²) in [6, 6.07) is 7.69. The summed E-state index contributed by atoms with van der Waals surface area (Å²) in [7, 11) is 0. The second-order valence-electron chi connectivity index (χ2n) is 8.05. The fourth-order valence-electron chi connectivity index (χ4n) is 4.22. The number of aliphatic imine (C=N–C) groups is 1. The fraction of sp³-hybridized carbons (Fsp3) is 0.391. The standard InChI is InChI=1S/C23H25N7O2/c1-2-3-11-29-21-19(27-23(29)28-10-6-7-16(24)13-28)12-25-30(22(21)31)14-17-15-32-20-9-5-4-8-18(20)26-17/h4-5,8-9,12,16H,6-7,10-11,13-15,24H2,1H3. The van der Waals surface area contributed by atoms with Gasteiger partial charge in [-0.2, -0.15) is 5.10 Å². The van der Waals surface area contributed by atoms with Crippen molar-refractivity contribution in [1.29, 1.82) is 0 Å². The number of para-hydroxylation sites is 2. The number of benzene rings is 1. The van der Waals surface area contributed by atoms with Crippen LogP contribution in [0, 0.1) is 11.8 Å². The van der Waals surface area contributed by atoms with Crippen LogP contribution in [-0.4, -0.2) is 50.8 Å². The van der Waals surface area contributed by atoms with Crippen LogP contribution in [-0.2, 0) is 13.1 Å². The van der Waals surface area contributed by atoms with Gasteiger partial charge >= 0.3 is 0 Å². The van der Waals surface area contributed by atoms with E-state index in [1.54, 1.807) is 13.1 Å². The largest absolute Gasteiger partial charge is 0.485 e. The molecule has 2 N–H and O–H groups in total. The number of rotatable bonds is 4.